The summed E-state index contributed by atoms with van der Waals surface area (Å²) in [6.07, 6.45) is 0. The Morgan fingerprint density at radius 3 is 2.31 bits per heavy atom. The molecule has 5 nitrogen and oxygen atoms in total. The van der Waals surface area contributed by atoms with Gasteiger partial charge in [0.25, 0.3) is 0 Å². The molecule has 5 heteroatoms. The first-order chi connectivity index (χ1) is 5.90. The second-order valence-electron chi connectivity index (χ2n) is 3.56. The summed E-state index contributed by atoms with van der Waals surface area (Å²) in [5, 5.41) is 5.31. The Bertz CT molecular complexity index is 202. The van der Waals surface area contributed by atoms with Gasteiger partial charge in [-0.15, -0.1) is 0 Å². The van der Waals surface area contributed by atoms with E-state index in [0.717, 1.165) is 0 Å². The van der Waals surface area contributed by atoms with Crippen LogP contribution in [0.3, 0.4) is 0 Å². The number of rotatable bonds is 5. The SMILES string of the molecule is CNCC(=O)NCC(C)(C)C(N)=O. The average molecular weight is 187 g/mol. The summed E-state index contributed by atoms with van der Waals surface area (Å²) >= 11 is 0. The third-order valence-electron chi connectivity index (χ3n) is 1.73. The molecule has 76 valence electrons. The van der Waals surface area contributed by atoms with Gasteiger partial charge in [0.2, 0.25) is 11.8 Å². The number of nitrogens with one attached hydrogen (secondary N) is 2. The van der Waals surface area contributed by atoms with Crippen molar-refractivity contribution in [1.82, 2.24) is 10.6 Å². The van der Waals surface area contributed by atoms with Crippen molar-refractivity contribution in [3.05, 3.63) is 0 Å². The van der Waals surface area contributed by atoms with E-state index in [2.05, 4.69) is 10.6 Å². The van der Waals surface area contributed by atoms with Crippen molar-refractivity contribution < 1.29 is 9.59 Å². The molecule has 0 aliphatic carbocycles. The normalized spacial score (nSPS) is 11.0. The summed E-state index contributed by atoms with van der Waals surface area (Å²) in [5.41, 5.74) is 4.43. The third kappa shape index (κ3) is 4.47. The van der Waals surface area contributed by atoms with E-state index in [0.29, 0.717) is 0 Å². The molecule has 0 aromatic carbocycles. The quantitative estimate of drug-likeness (QED) is 0.507. The molecule has 0 radical (unpaired) electrons. The topological polar surface area (TPSA) is 84.2 Å². The molecule has 0 fully saturated rings. The molecule has 0 aliphatic rings. The van der Waals surface area contributed by atoms with E-state index in [1.54, 1.807) is 20.9 Å². The Kier molecular flexibility index (Phi) is 4.40. The average Bonchev–Trinajstić information content (AvgIpc) is 2.01. The predicted octanol–water partition coefficient (Wildman–Crippen LogP) is -1.17. The van der Waals surface area contributed by atoms with Crippen molar-refractivity contribution >= 4 is 11.8 Å². The van der Waals surface area contributed by atoms with Gasteiger partial charge in [-0.1, -0.05) is 0 Å². The first kappa shape index (κ1) is 11.9. The molecule has 0 atom stereocenters. The molecule has 0 aromatic heterocycles. The molecule has 0 aliphatic heterocycles. The zero-order chi connectivity index (χ0) is 10.5. The number of hydrogen-bond acceptors (Lipinski definition) is 3. The van der Waals surface area contributed by atoms with Gasteiger partial charge in [0.15, 0.2) is 0 Å². The summed E-state index contributed by atoms with van der Waals surface area (Å²) in [6, 6.07) is 0. The molecule has 0 rings (SSSR count). The molecule has 0 bridgehead atoms. The number of primary amides is 1. The van der Waals surface area contributed by atoms with Crippen LogP contribution in [0.15, 0.2) is 0 Å². The highest BCUT2D eigenvalue weighted by molar-refractivity contribution is 5.82. The molecule has 2 amide bonds. The molecular weight excluding hydrogens is 170 g/mol. The number of hydrogen-bond donors (Lipinski definition) is 3. The molecule has 0 saturated carbocycles. The van der Waals surface area contributed by atoms with E-state index in [1.807, 2.05) is 0 Å². The van der Waals surface area contributed by atoms with E-state index in [4.69, 9.17) is 5.73 Å². The monoisotopic (exact) mass is 187 g/mol. The smallest absolute Gasteiger partial charge is 0.233 e. The first-order valence-electron chi connectivity index (χ1n) is 4.11. The third-order valence-corrected chi connectivity index (χ3v) is 1.73. The molecule has 0 heterocycles. The van der Waals surface area contributed by atoms with Crippen LogP contribution in [-0.2, 0) is 9.59 Å². The van der Waals surface area contributed by atoms with Gasteiger partial charge in [-0.25, -0.2) is 0 Å². The number of carbonyl (C=O) groups is 2. The predicted molar refractivity (Wildman–Crippen MR) is 49.9 cm³/mol. The largest absolute Gasteiger partial charge is 0.369 e. The molecule has 0 aromatic rings. The van der Waals surface area contributed by atoms with Crippen LogP contribution in [0.4, 0.5) is 0 Å². The fourth-order valence-electron chi connectivity index (χ4n) is 0.630. The lowest BCUT2D eigenvalue weighted by Gasteiger charge is -2.20. The second-order valence-corrected chi connectivity index (χ2v) is 3.56. The standard InChI is InChI=1S/C8H17N3O2/c1-8(2,7(9)13)5-11-6(12)4-10-3/h10H,4-5H2,1-3H3,(H2,9,13)(H,11,12). The molecule has 0 saturated heterocycles. The molecule has 4 N–H and O–H groups in total. The number of likely N-dealkylation sites (N-methyl/N-ethyl adjacent to an activating group) is 1. The molecule has 13 heavy (non-hydrogen) atoms. The zero-order valence-corrected chi connectivity index (χ0v) is 8.31. The minimum atomic E-state index is -0.691. The zero-order valence-electron chi connectivity index (χ0n) is 8.31. The highest BCUT2D eigenvalue weighted by Crippen LogP contribution is 2.11. The van der Waals surface area contributed by atoms with Crippen molar-refractivity contribution in [2.75, 3.05) is 20.1 Å². The van der Waals surface area contributed by atoms with Gasteiger partial charge >= 0.3 is 0 Å². The second kappa shape index (κ2) is 4.81. The van der Waals surface area contributed by atoms with Crippen LogP contribution in [0.2, 0.25) is 0 Å². The van der Waals surface area contributed by atoms with Gasteiger partial charge in [0.05, 0.1) is 12.0 Å². The van der Waals surface area contributed by atoms with Gasteiger partial charge in [-0.3, -0.25) is 9.59 Å². The minimum absolute atomic E-state index is 0.142. The highest BCUT2D eigenvalue weighted by Gasteiger charge is 2.25. The van der Waals surface area contributed by atoms with Crippen molar-refractivity contribution in [2.24, 2.45) is 11.1 Å². The molecule has 0 unspecified atom stereocenters. The fourth-order valence-corrected chi connectivity index (χ4v) is 0.630. The fraction of sp³-hybridized carbons (Fsp3) is 0.750. The summed E-state index contributed by atoms with van der Waals surface area (Å²) in [7, 11) is 1.68. The molecular formula is C8H17N3O2. The Morgan fingerprint density at radius 1 is 1.38 bits per heavy atom. The maximum absolute atomic E-state index is 11.0. The lowest BCUT2D eigenvalue weighted by atomic mass is 9.93. The Labute approximate surface area is 78.1 Å². The minimum Gasteiger partial charge on any atom is -0.369 e. The highest BCUT2D eigenvalue weighted by atomic mass is 16.2. The van der Waals surface area contributed by atoms with Crippen LogP contribution < -0.4 is 16.4 Å². The number of nitrogens with two attached hydrogens (primary N) is 1. The number of amides is 2. The lowest BCUT2D eigenvalue weighted by Crippen LogP contribution is -2.44. The van der Waals surface area contributed by atoms with E-state index in [1.165, 1.54) is 0 Å². The van der Waals surface area contributed by atoms with Crippen LogP contribution in [0.5, 0.6) is 0 Å². The van der Waals surface area contributed by atoms with E-state index in [9.17, 15) is 9.59 Å². The van der Waals surface area contributed by atoms with Crippen LogP contribution >= 0.6 is 0 Å². The summed E-state index contributed by atoms with van der Waals surface area (Å²) in [4.78, 5) is 21.8. The van der Waals surface area contributed by atoms with E-state index < -0.39 is 11.3 Å². The maximum atomic E-state index is 11.0. The Morgan fingerprint density at radius 2 is 1.92 bits per heavy atom. The van der Waals surface area contributed by atoms with Gasteiger partial charge in [0.1, 0.15) is 0 Å². The maximum Gasteiger partial charge on any atom is 0.233 e. The Balaban J connectivity index is 3.88. The van der Waals surface area contributed by atoms with Crippen LogP contribution in [0.25, 0.3) is 0 Å². The summed E-state index contributed by atoms with van der Waals surface area (Å²) < 4.78 is 0. The summed E-state index contributed by atoms with van der Waals surface area (Å²) in [5.74, 6) is -0.561. The van der Waals surface area contributed by atoms with Gasteiger partial charge in [-0.05, 0) is 20.9 Å². The Hall–Kier alpha value is -1.10. The van der Waals surface area contributed by atoms with Crippen LogP contribution in [-0.4, -0.2) is 32.0 Å². The van der Waals surface area contributed by atoms with Crippen molar-refractivity contribution in [3.63, 3.8) is 0 Å². The lowest BCUT2D eigenvalue weighted by molar-refractivity contribution is -0.126. The van der Waals surface area contributed by atoms with Crippen LogP contribution in [0, 0.1) is 5.41 Å². The number of carbonyl (C=O) groups excluding carboxylic acids is 2. The molecule has 0 spiro atoms. The van der Waals surface area contributed by atoms with Crippen molar-refractivity contribution in [2.45, 2.75) is 13.8 Å². The van der Waals surface area contributed by atoms with E-state index in [-0.39, 0.29) is 19.0 Å². The van der Waals surface area contributed by atoms with E-state index >= 15 is 0 Å². The van der Waals surface area contributed by atoms with Crippen molar-refractivity contribution in [1.29, 1.82) is 0 Å². The van der Waals surface area contributed by atoms with Crippen LogP contribution in [0.1, 0.15) is 13.8 Å². The van der Waals surface area contributed by atoms with Crippen molar-refractivity contribution in [3.8, 4) is 0 Å². The van der Waals surface area contributed by atoms with Gasteiger partial charge in [0, 0.05) is 6.54 Å². The van der Waals surface area contributed by atoms with Gasteiger partial charge in [-0.2, -0.15) is 0 Å². The first-order valence-corrected chi connectivity index (χ1v) is 4.11. The summed E-state index contributed by atoms with van der Waals surface area (Å²) in [6.45, 7) is 3.89. The van der Waals surface area contributed by atoms with Gasteiger partial charge < -0.3 is 16.4 Å².